The Morgan fingerprint density at radius 1 is 0.405 bits per heavy atom. The highest BCUT2D eigenvalue weighted by Crippen LogP contribution is 2.40. The van der Waals surface area contributed by atoms with E-state index in [1.54, 1.807) is 0 Å². The number of hydrogen-bond donors (Lipinski definition) is 0. The minimum Gasteiger partial charge on any atom is -0.218 e. The second-order valence-corrected chi connectivity index (χ2v) is 9.51. The fraction of sp³-hybridized carbons (Fsp3) is 0. The van der Waals surface area contributed by atoms with Gasteiger partial charge >= 0.3 is 0 Å². The van der Waals surface area contributed by atoms with Gasteiger partial charge in [-0.15, -0.1) is 0 Å². The molecule has 0 bridgehead atoms. The molecule has 0 saturated carbocycles. The first-order valence-electron chi connectivity index (χ1n) is 12.3. The molecular weight excluding hydrogens is 472 g/mol. The summed E-state index contributed by atoms with van der Waals surface area (Å²) in [6.45, 7) is 0. The van der Waals surface area contributed by atoms with Crippen LogP contribution in [0.1, 0.15) is 0 Å². The van der Waals surface area contributed by atoms with Gasteiger partial charge in [-0.2, -0.15) is 0 Å². The van der Waals surface area contributed by atoms with Crippen LogP contribution in [0.5, 0.6) is 0 Å². The summed E-state index contributed by atoms with van der Waals surface area (Å²) in [6, 6.07) is 44.6. The largest absolute Gasteiger partial charge is 0.223 e. The summed E-state index contributed by atoms with van der Waals surface area (Å²) in [4.78, 5) is 9.12. The van der Waals surface area contributed by atoms with E-state index >= 15 is 0 Å². The third kappa shape index (κ3) is 3.74. The molecule has 0 atom stereocenters. The lowest BCUT2D eigenvalue weighted by Crippen LogP contribution is -1.94. The van der Waals surface area contributed by atoms with E-state index in [0.717, 1.165) is 27.9 Å². The Morgan fingerprint density at radius 3 is 1.70 bits per heavy atom. The predicted octanol–water partition coefficient (Wildman–Crippen LogP) is 9.59. The van der Waals surface area contributed by atoms with Crippen LogP contribution in [-0.4, -0.2) is 9.97 Å². The van der Waals surface area contributed by atoms with Crippen molar-refractivity contribution in [3.63, 3.8) is 0 Å². The Hall–Kier alpha value is -4.53. The molecule has 37 heavy (non-hydrogen) atoms. The summed E-state index contributed by atoms with van der Waals surface area (Å²) in [6.07, 6.45) is 0. The zero-order valence-corrected chi connectivity index (χ0v) is 20.7. The van der Waals surface area contributed by atoms with Crippen molar-refractivity contribution < 1.29 is 0 Å². The van der Waals surface area contributed by atoms with Gasteiger partial charge in [-0.3, -0.25) is 0 Å². The number of aromatic nitrogens is 2. The van der Waals surface area contributed by atoms with Gasteiger partial charge in [0.1, 0.15) is 0 Å². The molecule has 0 unspecified atom stereocenters. The van der Waals surface area contributed by atoms with Crippen LogP contribution in [0.25, 0.3) is 66.0 Å². The van der Waals surface area contributed by atoms with Crippen LogP contribution in [0.3, 0.4) is 0 Å². The smallest absolute Gasteiger partial charge is 0.218 e. The van der Waals surface area contributed by atoms with Crippen LogP contribution in [0.4, 0.5) is 0 Å². The van der Waals surface area contributed by atoms with Gasteiger partial charge in [0, 0.05) is 11.1 Å². The van der Waals surface area contributed by atoms with E-state index in [4.69, 9.17) is 11.6 Å². The van der Waals surface area contributed by atoms with E-state index in [-0.39, 0.29) is 5.28 Å². The average molecular weight is 493 g/mol. The fourth-order valence-corrected chi connectivity index (χ4v) is 5.53. The maximum Gasteiger partial charge on any atom is 0.223 e. The van der Waals surface area contributed by atoms with Gasteiger partial charge in [0.2, 0.25) is 5.28 Å². The van der Waals surface area contributed by atoms with Crippen molar-refractivity contribution in [2.75, 3.05) is 0 Å². The first-order chi connectivity index (χ1) is 18.3. The Bertz CT molecular complexity index is 1940. The number of nitrogens with zero attached hydrogens (tertiary/aromatic N) is 2. The van der Waals surface area contributed by atoms with Crippen LogP contribution in [0, 0.1) is 0 Å². The summed E-state index contributed by atoms with van der Waals surface area (Å²) in [5.74, 6) is 0. The molecule has 0 amide bonds. The second-order valence-electron chi connectivity index (χ2n) is 9.17. The minimum absolute atomic E-state index is 0.241. The van der Waals surface area contributed by atoms with Crippen molar-refractivity contribution in [2.24, 2.45) is 0 Å². The molecule has 0 aliphatic heterocycles. The monoisotopic (exact) mass is 492 g/mol. The van der Waals surface area contributed by atoms with Crippen molar-refractivity contribution in [1.82, 2.24) is 9.97 Å². The maximum atomic E-state index is 6.43. The highest BCUT2D eigenvalue weighted by atomic mass is 35.5. The van der Waals surface area contributed by atoms with E-state index < -0.39 is 0 Å². The molecule has 174 valence electrons. The van der Waals surface area contributed by atoms with Crippen molar-refractivity contribution >= 4 is 43.9 Å². The molecule has 1 aromatic heterocycles. The van der Waals surface area contributed by atoms with Gasteiger partial charge in [-0.1, -0.05) is 115 Å². The third-order valence-corrected chi connectivity index (χ3v) is 7.20. The van der Waals surface area contributed by atoms with E-state index in [1.807, 2.05) is 36.4 Å². The number of hydrogen-bond acceptors (Lipinski definition) is 2. The molecule has 0 aliphatic rings. The molecule has 0 radical (unpaired) electrons. The molecule has 2 nitrogen and oxygen atoms in total. The summed E-state index contributed by atoms with van der Waals surface area (Å²) in [5.41, 5.74) is 6.09. The molecular formula is C34H21ClN2. The lowest BCUT2D eigenvalue weighted by Gasteiger charge is -2.15. The van der Waals surface area contributed by atoms with E-state index in [2.05, 4.69) is 101 Å². The third-order valence-electron chi connectivity index (χ3n) is 7.03. The lowest BCUT2D eigenvalue weighted by molar-refractivity contribution is 1.18. The summed E-state index contributed by atoms with van der Waals surface area (Å²) in [5, 5.41) is 7.56. The Balaban J connectivity index is 1.48. The first-order valence-corrected chi connectivity index (χ1v) is 12.7. The predicted molar refractivity (Wildman–Crippen MR) is 156 cm³/mol. The first kappa shape index (κ1) is 21.7. The van der Waals surface area contributed by atoms with Gasteiger partial charge in [-0.25, -0.2) is 9.97 Å². The maximum absolute atomic E-state index is 6.43. The van der Waals surface area contributed by atoms with Crippen LogP contribution < -0.4 is 0 Å². The number of benzene rings is 6. The molecule has 0 N–H and O–H groups in total. The van der Waals surface area contributed by atoms with Crippen LogP contribution >= 0.6 is 11.6 Å². The normalized spacial score (nSPS) is 11.4. The van der Waals surface area contributed by atoms with Crippen molar-refractivity contribution in [3.05, 3.63) is 133 Å². The Labute approximate surface area is 219 Å². The quantitative estimate of drug-likeness (QED) is 0.181. The summed E-state index contributed by atoms with van der Waals surface area (Å²) in [7, 11) is 0. The number of halogens is 1. The van der Waals surface area contributed by atoms with Crippen LogP contribution in [0.15, 0.2) is 127 Å². The SMILES string of the molecule is Clc1nc(-c2ccccc2)cc(-c2ccc(-c3cc4ccccc4c4ccccc34)c3ccccc23)n1. The molecule has 1 heterocycles. The molecule has 0 spiro atoms. The molecule has 3 heteroatoms. The summed E-state index contributed by atoms with van der Waals surface area (Å²) < 4.78 is 0. The van der Waals surface area contributed by atoms with E-state index in [0.29, 0.717) is 0 Å². The van der Waals surface area contributed by atoms with E-state index in [9.17, 15) is 0 Å². The van der Waals surface area contributed by atoms with Crippen molar-refractivity contribution in [1.29, 1.82) is 0 Å². The van der Waals surface area contributed by atoms with Crippen LogP contribution in [0.2, 0.25) is 5.28 Å². The molecule has 7 rings (SSSR count). The van der Waals surface area contributed by atoms with Crippen molar-refractivity contribution in [2.45, 2.75) is 0 Å². The lowest BCUT2D eigenvalue weighted by atomic mass is 9.89. The van der Waals surface area contributed by atoms with E-state index in [1.165, 1.54) is 38.1 Å². The summed E-state index contributed by atoms with van der Waals surface area (Å²) >= 11 is 6.43. The molecule has 7 aromatic rings. The van der Waals surface area contributed by atoms with Gasteiger partial charge in [0.15, 0.2) is 0 Å². The fourth-order valence-electron chi connectivity index (χ4n) is 5.35. The highest BCUT2D eigenvalue weighted by molar-refractivity contribution is 6.28. The van der Waals surface area contributed by atoms with Crippen molar-refractivity contribution in [3.8, 4) is 33.6 Å². The van der Waals surface area contributed by atoms with Gasteiger partial charge in [-0.05, 0) is 67.2 Å². The Kier molecular flexibility index (Phi) is 5.20. The standard InChI is InChI=1S/C34H21ClN2/c35-34-36-32(22-10-2-1-3-11-22)21-33(37-34)30-19-18-29(26-15-7-8-16-27(26)30)31-20-23-12-4-5-13-24(23)25-14-6-9-17-28(25)31/h1-21H. The zero-order valence-electron chi connectivity index (χ0n) is 19.9. The zero-order chi connectivity index (χ0) is 24.8. The molecule has 0 saturated heterocycles. The van der Waals surface area contributed by atoms with Gasteiger partial charge in [0.05, 0.1) is 11.4 Å². The molecule has 0 aliphatic carbocycles. The van der Waals surface area contributed by atoms with Gasteiger partial charge < -0.3 is 0 Å². The van der Waals surface area contributed by atoms with Gasteiger partial charge in [0.25, 0.3) is 0 Å². The minimum atomic E-state index is 0.241. The topological polar surface area (TPSA) is 25.8 Å². The molecule has 6 aromatic carbocycles. The number of fused-ring (bicyclic) bond motifs is 4. The van der Waals surface area contributed by atoms with Crippen LogP contribution in [-0.2, 0) is 0 Å². The average Bonchev–Trinajstić information content (AvgIpc) is 2.96. The Morgan fingerprint density at radius 2 is 0.946 bits per heavy atom. The number of rotatable bonds is 3. The second kappa shape index (κ2) is 8.85. The highest BCUT2D eigenvalue weighted by Gasteiger charge is 2.15. The molecule has 0 fully saturated rings.